The molecule has 0 aliphatic heterocycles. The summed E-state index contributed by atoms with van der Waals surface area (Å²) in [7, 11) is 1.64. The predicted octanol–water partition coefficient (Wildman–Crippen LogP) is 4.45. The maximum Gasteiger partial charge on any atom is 0.144 e. The molecule has 3 heteroatoms. The third-order valence-electron chi connectivity index (χ3n) is 3.27. The molecule has 0 aromatic heterocycles. The molecular weight excluding hydrogens is 270 g/mol. The Bertz CT molecular complexity index is 691. The van der Waals surface area contributed by atoms with E-state index in [0.717, 1.165) is 28.3 Å². The van der Waals surface area contributed by atoms with E-state index >= 15 is 0 Å². The Labute approximate surface area is 123 Å². The van der Waals surface area contributed by atoms with Gasteiger partial charge in [0.25, 0.3) is 0 Å². The van der Waals surface area contributed by atoms with Crippen molar-refractivity contribution in [1.82, 2.24) is 0 Å². The maximum atomic E-state index is 6.40. The van der Waals surface area contributed by atoms with Crippen molar-refractivity contribution in [2.45, 2.75) is 5.38 Å². The van der Waals surface area contributed by atoms with Gasteiger partial charge in [-0.25, -0.2) is 4.99 Å². The number of halogens is 1. The average Bonchev–Trinajstić information content (AvgIpc) is 2.50. The number of para-hydroxylation sites is 2. The molecule has 1 atom stereocenters. The summed E-state index contributed by atoms with van der Waals surface area (Å²) >= 11 is 6.40. The summed E-state index contributed by atoms with van der Waals surface area (Å²) < 4.78 is 5.34. The van der Waals surface area contributed by atoms with Crippen LogP contribution in [-0.4, -0.2) is 18.2 Å². The number of benzene rings is 2. The van der Waals surface area contributed by atoms with Gasteiger partial charge in [0, 0.05) is 5.56 Å². The summed E-state index contributed by atoms with van der Waals surface area (Å²) in [5, 5.41) is -0.227. The number of allylic oxidation sites excluding steroid dienone is 1. The molecule has 2 aromatic carbocycles. The smallest absolute Gasteiger partial charge is 0.144 e. The van der Waals surface area contributed by atoms with Gasteiger partial charge in [0.2, 0.25) is 0 Å². The molecule has 0 amide bonds. The van der Waals surface area contributed by atoms with Gasteiger partial charge in [-0.1, -0.05) is 48.6 Å². The number of aliphatic imine (C=N–C) groups is 1. The van der Waals surface area contributed by atoms with Crippen LogP contribution >= 0.6 is 11.6 Å². The minimum atomic E-state index is -0.227. The first-order valence-electron chi connectivity index (χ1n) is 6.43. The van der Waals surface area contributed by atoms with Crippen LogP contribution in [0.25, 0.3) is 6.08 Å². The lowest BCUT2D eigenvalue weighted by molar-refractivity contribution is 0.416. The summed E-state index contributed by atoms with van der Waals surface area (Å²) in [6, 6.07) is 15.8. The number of hydrogen-bond acceptors (Lipinski definition) is 2. The number of rotatable bonds is 2. The molecule has 2 aromatic rings. The number of ether oxygens (including phenoxy) is 1. The van der Waals surface area contributed by atoms with E-state index in [1.807, 2.05) is 54.6 Å². The first-order valence-corrected chi connectivity index (χ1v) is 6.86. The van der Waals surface area contributed by atoms with Gasteiger partial charge in [-0.05, 0) is 17.7 Å². The van der Waals surface area contributed by atoms with Gasteiger partial charge < -0.3 is 4.74 Å². The lowest BCUT2D eigenvalue weighted by Crippen LogP contribution is -2.18. The van der Waals surface area contributed by atoms with Crippen molar-refractivity contribution in [3.8, 4) is 5.75 Å². The van der Waals surface area contributed by atoms with Crippen LogP contribution in [0.5, 0.6) is 5.75 Å². The van der Waals surface area contributed by atoms with Gasteiger partial charge in [0.15, 0.2) is 0 Å². The Balaban J connectivity index is 2.13. The maximum absolute atomic E-state index is 6.40. The third-order valence-corrected chi connectivity index (χ3v) is 3.62. The summed E-state index contributed by atoms with van der Waals surface area (Å²) in [6.07, 6.45) is 3.99. The zero-order valence-electron chi connectivity index (χ0n) is 11.1. The third kappa shape index (κ3) is 2.35. The second kappa shape index (κ2) is 5.51. The first-order chi connectivity index (χ1) is 9.79. The van der Waals surface area contributed by atoms with E-state index in [1.165, 1.54) is 0 Å². The van der Waals surface area contributed by atoms with Crippen LogP contribution in [0.2, 0.25) is 0 Å². The highest BCUT2D eigenvalue weighted by Gasteiger charge is 2.19. The Morgan fingerprint density at radius 1 is 1.05 bits per heavy atom. The Hall–Kier alpha value is -2.06. The fourth-order valence-corrected chi connectivity index (χ4v) is 2.52. The first kappa shape index (κ1) is 12.9. The van der Waals surface area contributed by atoms with Crippen LogP contribution in [0.3, 0.4) is 0 Å². The molecule has 2 nitrogen and oxygen atoms in total. The zero-order valence-corrected chi connectivity index (χ0v) is 11.8. The van der Waals surface area contributed by atoms with Crippen LogP contribution in [0.1, 0.15) is 11.1 Å². The average molecular weight is 284 g/mol. The number of methoxy groups -OCH3 is 1. The molecule has 3 rings (SSSR count). The van der Waals surface area contributed by atoms with Gasteiger partial charge in [-0.15, -0.1) is 11.6 Å². The fourth-order valence-electron chi connectivity index (χ4n) is 2.28. The van der Waals surface area contributed by atoms with Gasteiger partial charge in [-0.3, -0.25) is 0 Å². The quantitative estimate of drug-likeness (QED) is 0.746. The Morgan fingerprint density at radius 3 is 2.65 bits per heavy atom. The Morgan fingerprint density at radius 2 is 1.80 bits per heavy atom. The van der Waals surface area contributed by atoms with E-state index in [4.69, 9.17) is 21.3 Å². The fraction of sp³-hybridized carbons (Fsp3) is 0.118. The summed E-state index contributed by atoms with van der Waals surface area (Å²) in [6.45, 7) is 0. The van der Waals surface area contributed by atoms with Crippen molar-refractivity contribution in [3.63, 3.8) is 0 Å². The van der Waals surface area contributed by atoms with E-state index in [-0.39, 0.29) is 5.38 Å². The molecule has 100 valence electrons. The normalized spacial score (nSPS) is 18.9. The van der Waals surface area contributed by atoms with Crippen molar-refractivity contribution in [3.05, 3.63) is 65.7 Å². The second-order valence-corrected chi connectivity index (χ2v) is 4.99. The van der Waals surface area contributed by atoms with Crippen LogP contribution in [-0.2, 0) is 0 Å². The topological polar surface area (TPSA) is 21.6 Å². The number of nitrogens with zero attached hydrogens (tertiary/aromatic N) is 1. The van der Waals surface area contributed by atoms with Crippen molar-refractivity contribution in [1.29, 1.82) is 0 Å². The lowest BCUT2D eigenvalue weighted by atomic mass is 9.95. The SMILES string of the molecule is COc1ccccc1N=C1c2ccccc2C=CC1Cl. The molecule has 0 N–H and O–H groups in total. The number of alkyl halides is 1. The van der Waals surface area contributed by atoms with Gasteiger partial charge in [0.1, 0.15) is 11.4 Å². The van der Waals surface area contributed by atoms with E-state index < -0.39 is 0 Å². The lowest BCUT2D eigenvalue weighted by Gasteiger charge is -2.17. The molecule has 0 heterocycles. The minimum Gasteiger partial charge on any atom is -0.494 e. The van der Waals surface area contributed by atoms with Crippen molar-refractivity contribution < 1.29 is 4.74 Å². The number of fused-ring (bicyclic) bond motifs is 1. The molecule has 1 aliphatic carbocycles. The highest BCUT2D eigenvalue weighted by molar-refractivity contribution is 6.38. The Kier molecular flexibility index (Phi) is 3.57. The summed E-state index contributed by atoms with van der Waals surface area (Å²) in [5.41, 5.74) is 3.86. The van der Waals surface area contributed by atoms with Crippen molar-refractivity contribution in [2.24, 2.45) is 4.99 Å². The van der Waals surface area contributed by atoms with E-state index in [2.05, 4.69) is 6.07 Å². The van der Waals surface area contributed by atoms with Crippen LogP contribution in [0, 0.1) is 0 Å². The van der Waals surface area contributed by atoms with E-state index in [9.17, 15) is 0 Å². The van der Waals surface area contributed by atoms with Gasteiger partial charge in [0.05, 0.1) is 18.2 Å². The van der Waals surface area contributed by atoms with Crippen LogP contribution < -0.4 is 4.74 Å². The summed E-state index contributed by atoms with van der Waals surface area (Å²) in [5.74, 6) is 0.746. The van der Waals surface area contributed by atoms with Crippen molar-refractivity contribution >= 4 is 29.1 Å². The standard InChI is InChI=1S/C17H14ClNO/c1-20-16-9-5-4-8-15(16)19-17-13-7-3-2-6-12(13)10-11-14(17)18/h2-11,14H,1H3. The summed E-state index contributed by atoms with van der Waals surface area (Å²) in [4.78, 5) is 4.72. The number of hydrogen-bond donors (Lipinski definition) is 0. The highest BCUT2D eigenvalue weighted by Crippen LogP contribution is 2.30. The molecule has 20 heavy (non-hydrogen) atoms. The molecule has 0 saturated carbocycles. The predicted molar refractivity (Wildman–Crippen MR) is 84.3 cm³/mol. The molecule has 0 radical (unpaired) electrons. The van der Waals surface area contributed by atoms with E-state index in [0.29, 0.717) is 0 Å². The molecule has 0 bridgehead atoms. The molecular formula is C17H14ClNO. The van der Waals surface area contributed by atoms with Gasteiger partial charge >= 0.3 is 0 Å². The van der Waals surface area contributed by atoms with Crippen molar-refractivity contribution in [2.75, 3.05) is 7.11 Å². The van der Waals surface area contributed by atoms with Crippen LogP contribution in [0.15, 0.2) is 59.6 Å². The molecule has 0 saturated heterocycles. The largest absolute Gasteiger partial charge is 0.494 e. The second-order valence-electron chi connectivity index (χ2n) is 4.52. The molecule has 1 aliphatic rings. The molecule has 1 unspecified atom stereocenters. The van der Waals surface area contributed by atoms with Crippen LogP contribution in [0.4, 0.5) is 5.69 Å². The van der Waals surface area contributed by atoms with E-state index in [1.54, 1.807) is 7.11 Å². The highest BCUT2D eigenvalue weighted by atomic mass is 35.5. The molecule has 0 fully saturated rings. The zero-order chi connectivity index (χ0) is 13.9. The molecule has 0 spiro atoms. The minimum absolute atomic E-state index is 0.227. The van der Waals surface area contributed by atoms with Gasteiger partial charge in [-0.2, -0.15) is 0 Å². The monoisotopic (exact) mass is 283 g/mol.